The molecular formula is C13H24N2O3. The quantitative estimate of drug-likeness (QED) is 0.563. The summed E-state index contributed by atoms with van der Waals surface area (Å²) in [5.41, 5.74) is 5.50. The van der Waals surface area contributed by atoms with Gasteiger partial charge in [0, 0.05) is 6.54 Å². The van der Waals surface area contributed by atoms with E-state index in [9.17, 15) is 9.59 Å². The molecule has 0 aromatic heterocycles. The first-order valence-corrected chi connectivity index (χ1v) is 6.74. The molecule has 0 spiro atoms. The summed E-state index contributed by atoms with van der Waals surface area (Å²) in [7, 11) is 0. The third-order valence-corrected chi connectivity index (χ3v) is 3.43. The van der Waals surface area contributed by atoms with Crippen molar-refractivity contribution >= 4 is 11.9 Å². The number of rotatable bonds is 5. The Hall–Kier alpha value is -1.10. The van der Waals surface area contributed by atoms with Gasteiger partial charge in [-0.3, -0.25) is 4.79 Å². The van der Waals surface area contributed by atoms with Crippen molar-refractivity contribution in [3.63, 3.8) is 0 Å². The number of hydrogen-bond donors (Lipinski definition) is 2. The standard InChI is InChI=1S/C13H24N2O3/c1-3-18-13(17)11(14)12(16)15-8-10-6-4-5-9(2)7-10/h9-11H,3-8,14H2,1-2H3,(H,15,16). The van der Waals surface area contributed by atoms with Crippen LogP contribution >= 0.6 is 0 Å². The number of esters is 1. The Balaban J connectivity index is 2.29. The lowest BCUT2D eigenvalue weighted by atomic mass is 9.82. The Labute approximate surface area is 108 Å². The lowest BCUT2D eigenvalue weighted by Crippen LogP contribution is -2.48. The van der Waals surface area contributed by atoms with Crippen LogP contribution in [0.15, 0.2) is 0 Å². The highest BCUT2D eigenvalue weighted by molar-refractivity contribution is 6.01. The van der Waals surface area contributed by atoms with Gasteiger partial charge in [0.25, 0.3) is 0 Å². The van der Waals surface area contributed by atoms with Crippen molar-refractivity contribution in [3.8, 4) is 0 Å². The van der Waals surface area contributed by atoms with Crippen LogP contribution in [0.5, 0.6) is 0 Å². The average Bonchev–Trinajstić information content (AvgIpc) is 2.35. The largest absolute Gasteiger partial charge is 0.464 e. The van der Waals surface area contributed by atoms with Crippen molar-refractivity contribution in [1.82, 2.24) is 5.32 Å². The fourth-order valence-electron chi connectivity index (χ4n) is 2.44. The van der Waals surface area contributed by atoms with Crippen LogP contribution in [0.2, 0.25) is 0 Å². The number of hydrogen-bond acceptors (Lipinski definition) is 4. The highest BCUT2D eigenvalue weighted by Crippen LogP contribution is 2.27. The predicted octanol–water partition coefficient (Wildman–Crippen LogP) is 0.819. The van der Waals surface area contributed by atoms with Gasteiger partial charge in [0.05, 0.1) is 6.61 Å². The molecule has 3 N–H and O–H groups in total. The first kappa shape index (κ1) is 15.0. The maximum atomic E-state index is 11.6. The lowest BCUT2D eigenvalue weighted by molar-refractivity contribution is -0.148. The van der Waals surface area contributed by atoms with Crippen LogP contribution in [0, 0.1) is 11.8 Å². The van der Waals surface area contributed by atoms with Gasteiger partial charge >= 0.3 is 5.97 Å². The van der Waals surface area contributed by atoms with Crippen LogP contribution in [0.25, 0.3) is 0 Å². The summed E-state index contributed by atoms with van der Waals surface area (Å²) >= 11 is 0. The zero-order valence-electron chi connectivity index (χ0n) is 11.3. The molecule has 0 saturated heterocycles. The summed E-state index contributed by atoms with van der Waals surface area (Å²) in [6.45, 7) is 4.76. The number of carbonyl (C=O) groups excluding carboxylic acids is 2. The van der Waals surface area contributed by atoms with Gasteiger partial charge in [-0.25, -0.2) is 4.79 Å². The SMILES string of the molecule is CCOC(=O)C(N)C(=O)NCC1CCCC(C)C1. The summed E-state index contributed by atoms with van der Waals surface area (Å²) in [6, 6.07) is -1.20. The fourth-order valence-corrected chi connectivity index (χ4v) is 2.44. The van der Waals surface area contributed by atoms with Crippen LogP contribution in [0.4, 0.5) is 0 Å². The highest BCUT2D eigenvalue weighted by Gasteiger charge is 2.25. The van der Waals surface area contributed by atoms with Crippen molar-refractivity contribution in [2.75, 3.05) is 13.2 Å². The van der Waals surface area contributed by atoms with Gasteiger partial charge in [-0.1, -0.05) is 19.8 Å². The molecule has 1 aliphatic carbocycles. The average molecular weight is 256 g/mol. The lowest BCUT2D eigenvalue weighted by Gasteiger charge is -2.27. The molecule has 3 atom stereocenters. The molecule has 0 bridgehead atoms. The van der Waals surface area contributed by atoms with E-state index in [4.69, 9.17) is 10.5 Å². The third kappa shape index (κ3) is 4.64. The molecule has 1 fully saturated rings. The van der Waals surface area contributed by atoms with Crippen LogP contribution in [0.1, 0.15) is 39.5 Å². The Morgan fingerprint density at radius 1 is 1.44 bits per heavy atom. The van der Waals surface area contributed by atoms with Gasteiger partial charge in [0.1, 0.15) is 0 Å². The maximum absolute atomic E-state index is 11.6. The summed E-state index contributed by atoms with van der Waals surface area (Å²) < 4.78 is 4.71. The monoisotopic (exact) mass is 256 g/mol. The molecule has 3 unspecified atom stereocenters. The molecular weight excluding hydrogens is 232 g/mol. The van der Waals surface area contributed by atoms with Gasteiger partial charge in [0.2, 0.25) is 5.91 Å². The molecule has 1 aliphatic rings. The predicted molar refractivity (Wildman–Crippen MR) is 68.7 cm³/mol. The summed E-state index contributed by atoms with van der Waals surface area (Å²) in [6.07, 6.45) is 4.76. The van der Waals surface area contributed by atoms with E-state index in [1.807, 2.05) is 0 Å². The van der Waals surface area contributed by atoms with Crippen LogP contribution in [-0.4, -0.2) is 31.1 Å². The molecule has 1 rings (SSSR count). The molecule has 104 valence electrons. The van der Waals surface area contributed by atoms with Crippen LogP contribution in [0.3, 0.4) is 0 Å². The summed E-state index contributed by atoms with van der Waals surface area (Å²) in [5, 5.41) is 2.75. The fraction of sp³-hybridized carbons (Fsp3) is 0.846. The van der Waals surface area contributed by atoms with Crippen LogP contribution < -0.4 is 11.1 Å². The van der Waals surface area contributed by atoms with E-state index < -0.39 is 17.9 Å². The first-order chi connectivity index (χ1) is 8.54. The van der Waals surface area contributed by atoms with Crippen molar-refractivity contribution in [2.24, 2.45) is 17.6 Å². The molecule has 0 aliphatic heterocycles. The number of nitrogens with two attached hydrogens (primary N) is 1. The van der Waals surface area contributed by atoms with Crippen molar-refractivity contribution < 1.29 is 14.3 Å². The molecule has 5 heteroatoms. The minimum atomic E-state index is -1.20. The smallest absolute Gasteiger partial charge is 0.332 e. The Kier molecular flexibility index (Phi) is 6.12. The molecule has 1 amide bonds. The molecule has 18 heavy (non-hydrogen) atoms. The van der Waals surface area contributed by atoms with E-state index >= 15 is 0 Å². The van der Waals surface area contributed by atoms with Gasteiger partial charge in [-0.2, -0.15) is 0 Å². The molecule has 0 aromatic rings. The second-order valence-electron chi connectivity index (χ2n) is 5.11. The van der Waals surface area contributed by atoms with E-state index in [-0.39, 0.29) is 6.61 Å². The second-order valence-corrected chi connectivity index (χ2v) is 5.11. The van der Waals surface area contributed by atoms with E-state index in [1.165, 1.54) is 12.8 Å². The second kappa shape index (κ2) is 7.36. The van der Waals surface area contributed by atoms with Gasteiger partial charge in [0.15, 0.2) is 6.04 Å². The molecule has 0 aromatic carbocycles. The number of carbonyl (C=O) groups is 2. The maximum Gasteiger partial charge on any atom is 0.332 e. The summed E-state index contributed by atoms with van der Waals surface area (Å²) in [5.74, 6) is 0.130. The minimum Gasteiger partial charge on any atom is -0.464 e. The summed E-state index contributed by atoms with van der Waals surface area (Å²) in [4.78, 5) is 22.9. The highest BCUT2D eigenvalue weighted by atomic mass is 16.5. The molecule has 0 radical (unpaired) electrons. The van der Waals surface area contributed by atoms with E-state index in [0.29, 0.717) is 12.5 Å². The zero-order chi connectivity index (χ0) is 13.5. The van der Waals surface area contributed by atoms with E-state index in [1.54, 1.807) is 6.92 Å². The number of amides is 1. The minimum absolute atomic E-state index is 0.236. The topological polar surface area (TPSA) is 81.4 Å². The molecule has 5 nitrogen and oxygen atoms in total. The van der Waals surface area contributed by atoms with Crippen molar-refractivity contribution in [3.05, 3.63) is 0 Å². The van der Waals surface area contributed by atoms with Crippen molar-refractivity contribution in [1.29, 1.82) is 0 Å². The molecule has 0 heterocycles. The van der Waals surface area contributed by atoms with E-state index in [0.717, 1.165) is 18.8 Å². The Bertz CT molecular complexity index is 294. The normalized spacial score (nSPS) is 25.3. The number of ether oxygens (including phenoxy) is 1. The Morgan fingerprint density at radius 2 is 2.17 bits per heavy atom. The van der Waals surface area contributed by atoms with Gasteiger partial charge in [-0.15, -0.1) is 0 Å². The van der Waals surface area contributed by atoms with Crippen LogP contribution in [-0.2, 0) is 14.3 Å². The van der Waals surface area contributed by atoms with Crippen molar-refractivity contribution in [2.45, 2.75) is 45.6 Å². The van der Waals surface area contributed by atoms with Gasteiger partial charge < -0.3 is 15.8 Å². The first-order valence-electron chi connectivity index (χ1n) is 6.74. The molecule has 1 saturated carbocycles. The van der Waals surface area contributed by atoms with E-state index in [2.05, 4.69) is 12.2 Å². The van der Waals surface area contributed by atoms with Gasteiger partial charge in [-0.05, 0) is 31.6 Å². The Morgan fingerprint density at radius 3 is 2.78 bits per heavy atom. The third-order valence-electron chi connectivity index (χ3n) is 3.43. The zero-order valence-corrected chi connectivity index (χ0v) is 11.3. The number of nitrogens with one attached hydrogen (secondary N) is 1.